The summed E-state index contributed by atoms with van der Waals surface area (Å²) in [5.41, 5.74) is 7.91. The van der Waals surface area contributed by atoms with Gasteiger partial charge in [0.2, 0.25) is 0 Å². The smallest absolute Gasteiger partial charge is 0.266 e. The lowest BCUT2D eigenvalue weighted by Crippen LogP contribution is -2.36. The van der Waals surface area contributed by atoms with Crippen molar-refractivity contribution in [2.45, 2.75) is 40.2 Å². The number of primary amides is 1. The van der Waals surface area contributed by atoms with Crippen LogP contribution in [0.5, 0.6) is 11.5 Å². The fraction of sp³-hybridized carbons (Fsp3) is 0.320. The summed E-state index contributed by atoms with van der Waals surface area (Å²) in [4.78, 5) is 31.4. The molecule has 1 atom stereocenters. The Morgan fingerprint density at radius 2 is 1.88 bits per heavy atom. The highest BCUT2D eigenvalue weighted by Gasteiger charge is 2.36. The Hall–Kier alpha value is -3.26. The summed E-state index contributed by atoms with van der Waals surface area (Å²) >= 11 is 1.36. The van der Waals surface area contributed by atoms with Crippen LogP contribution in [0.1, 0.15) is 38.3 Å². The Morgan fingerprint density at radius 1 is 1.15 bits per heavy atom. The lowest BCUT2D eigenvalue weighted by Gasteiger charge is -2.22. The summed E-state index contributed by atoms with van der Waals surface area (Å²) in [5, 5.41) is 0.663. The number of hydrogen-bond donors (Lipinski definition) is 1. The number of carbonyl (C=O) groups excluding carboxylic acids is 2. The zero-order chi connectivity index (χ0) is 24.0. The number of aliphatic imine (C=N–C) groups is 1. The van der Waals surface area contributed by atoms with Crippen molar-refractivity contribution in [3.8, 4) is 11.5 Å². The minimum Gasteiger partial charge on any atom is -0.490 e. The highest BCUT2D eigenvalue weighted by atomic mass is 32.2. The summed E-state index contributed by atoms with van der Waals surface area (Å²) in [6.07, 6.45) is 2.63. The van der Waals surface area contributed by atoms with Gasteiger partial charge in [0.1, 0.15) is 0 Å². The van der Waals surface area contributed by atoms with Crippen molar-refractivity contribution < 1.29 is 19.1 Å². The van der Waals surface area contributed by atoms with Crippen LogP contribution < -0.4 is 15.2 Å². The Balaban J connectivity index is 1.93. The molecule has 2 N–H and O–H groups in total. The van der Waals surface area contributed by atoms with Gasteiger partial charge in [0, 0.05) is 6.04 Å². The van der Waals surface area contributed by atoms with Crippen LogP contribution in [0.3, 0.4) is 0 Å². The van der Waals surface area contributed by atoms with Gasteiger partial charge in [-0.2, -0.15) is 0 Å². The largest absolute Gasteiger partial charge is 0.490 e. The van der Waals surface area contributed by atoms with E-state index in [-0.39, 0.29) is 18.6 Å². The number of thioether (sulfide) groups is 1. The number of amides is 2. The molecule has 7 nitrogen and oxygen atoms in total. The van der Waals surface area contributed by atoms with Gasteiger partial charge in [0.05, 0.1) is 17.2 Å². The van der Waals surface area contributed by atoms with Gasteiger partial charge in [0.15, 0.2) is 23.3 Å². The van der Waals surface area contributed by atoms with E-state index in [9.17, 15) is 9.59 Å². The molecule has 1 aliphatic heterocycles. The summed E-state index contributed by atoms with van der Waals surface area (Å²) in [6.45, 7) is 8.14. The van der Waals surface area contributed by atoms with E-state index in [1.165, 1.54) is 11.8 Å². The van der Waals surface area contributed by atoms with E-state index in [1.807, 2.05) is 64.1 Å². The first-order valence-electron chi connectivity index (χ1n) is 10.9. The molecule has 0 radical (unpaired) electrons. The fourth-order valence-corrected chi connectivity index (χ4v) is 4.26. The summed E-state index contributed by atoms with van der Waals surface area (Å²) in [6, 6.07) is 13.2. The van der Waals surface area contributed by atoms with Gasteiger partial charge in [-0.3, -0.25) is 14.5 Å². The maximum atomic E-state index is 13.3. The summed E-state index contributed by atoms with van der Waals surface area (Å²) < 4.78 is 11.1. The molecule has 1 aliphatic rings. The molecule has 2 aromatic carbocycles. The molecule has 174 valence electrons. The van der Waals surface area contributed by atoms with E-state index in [1.54, 1.807) is 17.0 Å². The van der Waals surface area contributed by atoms with Crippen LogP contribution in [-0.2, 0) is 9.59 Å². The number of ether oxygens (including phenoxy) is 2. The van der Waals surface area contributed by atoms with E-state index in [0.29, 0.717) is 28.2 Å². The van der Waals surface area contributed by atoms with Crippen LogP contribution in [-0.4, -0.2) is 41.1 Å². The van der Waals surface area contributed by atoms with E-state index < -0.39 is 5.91 Å². The van der Waals surface area contributed by atoms with Gasteiger partial charge in [-0.15, -0.1) is 0 Å². The number of hydrogen-bond acceptors (Lipinski definition) is 6. The summed E-state index contributed by atoms with van der Waals surface area (Å²) in [5.74, 6) is 0.260. The third-order valence-electron chi connectivity index (χ3n) is 5.06. The number of carbonyl (C=O) groups is 2. The molecule has 0 bridgehead atoms. The lowest BCUT2D eigenvalue weighted by atomic mass is 10.1. The Morgan fingerprint density at radius 3 is 2.52 bits per heavy atom. The lowest BCUT2D eigenvalue weighted by molar-refractivity contribution is -0.123. The molecule has 0 aliphatic carbocycles. The molecule has 0 aromatic heterocycles. The van der Waals surface area contributed by atoms with Gasteiger partial charge in [-0.25, -0.2) is 4.99 Å². The first-order chi connectivity index (χ1) is 15.8. The van der Waals surface area contributed by atoms with Gasteiger partial charge >= 0.3 is 0 Å². The molecule has 3 rings (SSSR count). The number of nitrogens with two attached hydrogens (primary N) is 1. The van der Waals surface area contributed by atoms with Gasteiger partial charge in [-0.05, 0) is 74.9 Å². The topological polar surface area (TPSA) is 94.2 Å². The maximum absolute atomic E-state index is 13.3. The number of benzene rings is 2. The quantitative estimate of drug-likeness (QED) is 0.541. The SMILES string of the molecule is CCOc1cc(/C=C2/SC(=Nc3ccc(C)cc3)N([C@H](C)CC)C2=O)ccc1OCC(N)=O. The zero-order valence-corrected chi connectivity index (χ0v) is 20.1. The summed E-state index contributed by atoms with van der Waals surface area (Å²) in [7, 11) is 0. The van der Waals surface area contributed by atoms with Crippen LogP contribution in [0.25, 0.3) is 6.08 Å². The van der Waals surface area contributed by atoms with Crippen LogP contribution in [0.15, 0.2) is 52.4 Å². The van der Waals surface area contributed by atoms with Crippen molar-refractivity contribution in [1.29, 1.82) is 0 Å². The number of amidine groups is 1. The third-order valence-corrected chi connectivity index (χ3v) is 6.05. The van der Waals surface area contributed by atoms with E-state index >= 15 is 0 Å². The van der Waals surface area contributed by atoms with Crippen molar-refractivity contribution in [3.05, 3.63) is 58.5 Å². The second kappa shape index (κ2) is 11.0. The van der Waals surface area contributed by atoms with Crippen molar-refractivity contribution in [1.82, 2.24) is 4.90 Å². The average molecular weight is 468 g/mol. The highest BCUT2D eigenvalue weighted by molar-refractivity contribution is 8.18. The Bertz CT molecular complexity index is 1080. The van der Waals surface area contributed by atoms with Crippen molar-refractivity contribution >= 4 is 40.5 Å². The molecule has 2 aromatic rings. The second-order valence-corrected chi connectivity index (χ2v) is 8.68. The zero-order valence-electron chi connectivity index (χ0n) is 19.3. The molecule has 0 spiro atoms. The molecular formula is C25H29N3O4S. The highest BCUT2D eigenvalue weighted by Crippen LogP contribution is 2.37. The van der Waals surface area contributed by atoms with Gasteiger partial charge < -0.3 is 15.2 Å². The van der Waals surface area contributed by atoms with Crippen molar-refractivity contribution in [3.63, 3.8) is 0 Å². The molecule has 33 heavy (non-hydrogen) atoms. The Labute approximate surface area is 198 Å². The molecular weight excluding hydrogens is 438 g/mol. The van der Waals surface area contributed by atoms with Crippen LogP contribution >= 0.6 is 11.8 Å². The molecule has 1 fully saturated rings. The maximum Gasteiger partial charge on any atom is 0.266 e. The van der Waals surface area contributed by atoms with E-state index in [2.05, 4.69) is 0 Å². The molecule has 1 heterocycles. The van der Waals surface area contributed by atoms with Crippen LogP contribution in [0.4, 0.5) is 5.69 Å². The minimum absolute atomic E-state index is 0.0173. The predicted molar refractivity (Wildman–Crippen MR) is 133 cm³/mol. The second-order valence-electron chi connectivity index (χ2n) is 7.67. The number of nitrogens with zero attached hydrogens (tertiary/aromatic N) is 2. The monoisotopic (exact) mass is 467 g/mol. The average Bonchev–Trinajstić information content (AvgIpc) is 3.09. The standard InChI is InChI=1S/C25H29N3O4S/c1-5-17(4)28-24(30)22(33-25(28)27-19-10-7-16(3)8-11-19)14-18-9-12-20(32-15-23(26)29)21(13-18)31-6-2/h7-14,17H,5-6,15H2,1-4H3,(H2,26,29)/b22-14+,27-25?/t17-/m1/s1. The van der Waals surface area contributed by atoms with E-state index in [4.69, 9.17) is 20.2 Å². The van der Waals surface area contributed by atoms with E-state index in [0.717, 1.165) is 23.2 Å². The first-order valence-corrected chi connectivity index (χ1v) is 11.7. The predicted octanol–water partition coefficient (Wildman–Crippen LogP) is 4.66. The first kappa shape index (κ1) is 24.4. The molecule has 1 saturated heterocycles. The normalized spacial score (nSPS) is 17.0. The fourth-order valence-electron chi connectivity index (χ4n) is 3.17. The van der Waals surface area contributed by atoms with Crippen LogP contribution in [0.2, 0.25) is 0 Å². The number of rotatable bonds is 9. The molecule has 8 heteroatoms. The third kappa shape index (κ3) is 6.16. The van der Waals surface area contributed by atoms with Crippen LogP contribution in [0, 0.1) is 6.92 Å². The Kier molecular flexibility index (Phi) is 8.16. The molecule has 0 saturated carbocycles. The van der Waals surface area contributed by atoms with Gasteiger partial charge in [-0.1, -0.05) is 30.7 Å². The number of aryl methyl sites for hydroxylation is 1. The molecule has 0 unspecified atom stereocenters. The van der Waals surface area contributed by atoms with Gasteiger partial charge in [0.25, 0.3) is 11.8 Å². The minimum atomic E-state index is -0.567. The van der Waals surface area contributed by atoms with Crippen molar-refractivity contribution in [2.75, 3.05) is 13.2 Å². The van der Waals surface area contributed by atoms with Crippen molar-refractivity contribution in [2.24, 2.45) is 10.7 Å². The molecule has 2 amide bonds.